The Morgan fingerprint density at radius 1 is 0.700 bits per heavy atom. The number of benzene rings is 4. The molecule has 9 nitrogen and oxygen atoms in total. The van der Waals surface area contributed by atoms with Crippen LogP contribution in [0.15, 0.2) is 94.3 Å². The van der Waals surface area contributed by atoms with Gasteiger partial charge in [0, 0.05) is 6.07 Å². The molecule has 9 heteroatoms. The van der Waals surface area contributed by atoms with Crippen LogP contribution in [-0.4, -0.2) is 42.4 Å². The van der Waals surface area contributed by atoms with Crippen molar-refractivity contribution in [1.29, 1.82) is 0 Å². The number of phenolic OH excluding ortho intramolecular Hbond substituents is 3. The second-order valence-corrected chi connectivity index (χ2v) is 8.43. The molecular formula is C31H26O9. The van der Waals surface area contributed by atoms with Crippen LogP contribution in [0.5, 0.6) is 34.5 Å². The molecule has 0 aliphatic carbocycles. The third-order valence-corrected chi connectivity index (χ3v) is 6.08. The van der Waals surface area contributed by atoms with E-state index in [1.807, 2.05) is 0 Å². The SMILES string of the molecule is COc1ccc(-c2coc3c(OC)c(O)ccc3c2=O)cc1.COc1ccc(C(=O)c2ccccc2O)c(O)c1. The molecule has 0 aliphatic heterocycles. The van der Waals surface area contributed by atoms with Crippen molar-refractivity contribution in [1.82, 2.24) is 0 Å². The van der Waals surface area contributed by atoms with Gasteiger partial charge >= 0.3 is 0 Å². The lowest BCUT2D eigenvalue weighted by atomic mass is 10.0. The van der Waals surface area contributed by atoms with Crippen molar-refractivity contribution >= 4 is 16.8 Å². The molecule has 1 aromatic heterocycles. The van der Waals surface area contributed by atoms with Crippen molar-refractivity contribution < 1.29 is 38.7 Å². The molecule has 204 valence electrons. The van der Waals surface area contributed by atoms with E-state index in [4.69, 9.17) is 18.6 Å². The van der Waals surface area contributed by atoms with Crippen LogP contribution in [0.3, 0.4) is 0 Å². The van der Waals surface area contributed by atoms with Crippen LogP contribution in [0.4, 0.5) is 0 Å². The van der Waals surface area contributed by atoms with Gasteiger partial charge in [0.1, 0.15) is 29.3 Å². The predicted molar refractivity (Wildman–Crippen MR) is 149 cm³/mol. The number of methoxy groups -OCH3 is 3. The number of fused-ring (bicyclic) bond motifs is 1. The Morgan fingerprint density at radius 2 is 1.35 bits per heavy atom. The maximum atomic E-state index is 12.6. The molecule has 3 N–H and O–H groups in total. The highest BCUT2D eigenvalue weighted by Crippen LogP contribution is 2.34. The van der Waals surface area contributed by atoms with E-state index in [0.29, 0.717) is 22.4 Å². The highest BCUT2D eigenvalue weighted by Gasteiger charge is 2.17. The second-order valence-electron chi connectivity index (χ2n) is 8.43. The van der Waals surface area contributed by atoms with Gasteiger partial charge in [-0.2, -0.15) is 0 Å². The average Bonchev–Trinajstić information content (AvgIpc) is 2.97. The van der Waals surface area contributed by atoms with E-state index in [0.717, 1.165) is 5.56 Å². The lowest BCUT2D eigenvalue weighted by Crippen LogP contribution is -2.05. The molecule has 0 amide bonds. The minimum atomic E-state index is -0.437. The molecular weight excluding hydrogens is 516 g/mol. The molecule has 0 atom stereocenters. The quantitative estimate of drug-likeness (QED) is 0.237. The zero-order chi connectivity index (χ0) is 28.8. The van der Waals surface area contributed by atoms with Crippen molar-refractivity contribution in [2.24, 2.45) is 0 Å². The molecule has 0 radical (unpaired) electrons. The predicted octanol–water partition coefficient (Wildman–Crippen LogP) is 5.52. The zero-order valence-electron chi connectivity index (χ0n) is 21.9. The first-order valence-electron chi connectivity index (χ1n) is 11.9. The molecule has 0 saturated heterocycles. The average molecular weight is 543 g/mol. The second kappa shape index (κ2) is 12.0. The summed E-state index contributed by atoms with van der Waals surface area (Å²) in [6.45, 7) is 0. The summed E-state index contributed by atoms with van der Waals surface area (Å²) in [6, 6.07) is 20.6. The number of aromatic hydroxyl groups is 3. The van der Waals surface area contributed by atoms with Gasteiger partial charge in [0.05, 0.1) is 43.4 Å². The van der Waals surface area contributed by atoms with E-state index >= 15 is 0 Å². The van der Waals surface area contributed by atoms with Crippen LogP contribution in [-0.2, 0) is 0 Å². The maximum absolute atomic E-state index is 12.6. The van der Waals surface area contributed by atoms with Crippen LogP contribution in [0.25, 0.3) is 22.1 Å². The summed E-state index contributed by atoms with van der Waals surface area (Å²) in [5, 5.41) is 29.5. The molecule has 0 unspecified atom stereocenters. The number of phenols is 3. The Morgan fingerprint density at radius 3 is 1.98 bits per heavy atom. The van der Waals surface area contributed by atoms with Gasteiger partial charge in [-0.3, -0.25) is 9.59 Å². The van der Waals surface area contributed by atoms with Crippen molar-refractivity contribution in [2.45, 2.75) is 0 Å². The van der Waals surface area contributed by atoms with E-state index in [1.165, 1.54) is 56.9 Å². The van der Waals surface area contributed by atoms with Gasteiger partial charge in [-0.25, -0.2) is 0 Å². The van der Waals surface area contributed by atoms with Crippen LogP contribution in [0, 0.1) is 0 Å². The zero-order valence-corrected chi connectivity index (χ0v) is 21.9. The van der Waals surface area contributed by atoms with Crippen molar-refractivity contribution in [3.8, 4) is 45.6 Å². The summed E-state index contributed by atoms with van der Waals surface area (Å²) >= 11 is 0. The first-order valence-corrected chi connectivity index (χ1v) is 11.9. The monoisotopic (exact) mass is 542 g/mol. The maximum Gasteiger partial charge on any atom is 0.204 e. The van der Waals surface area contributed by atoms with E-state index in [-0.39, 0.29) is 45.1 Å². The molecule has 0 spiro atoms. The molecule has 4 aromatic carbocycles. The lowest BCUT2D eigenvalue weighted by Gasteiger charge is -2.08. The third kappa shape index (κ3) is 5.53. The number of carbonyl (C=O) groups excluding carboxylic acids is 1. The van der Waals surface area contributed by atoms with Gasteiger partial charge in [0.2, 0.25) is 11.2 Å². The molecule has 5 rings (SSSR count). The standard InChI is InChI=1S/C17H14O5.C14H12O4/c1-20-11-5-3-10(4-6-11)13-9-22-16-12(15(13)19)7-8-14(18)17(16)21-2;1-18-9-6-7-11(13(16)8-9)14(17)10-4-2-3-5-12(10)15/h3-9,18H,1-2H3;2-8,15-16H,1H3. The van der Waals surface area contributed by atoms with Crippen molar-refractivity contribution in [3.05, 3.63) is 106 Å². The Hall–Kier alpha value is -5.44. The summed E-state index contributed by atoms with van der Waals surface area (Å²) in [6.07, 6.45) is 1.37. The van der Waals surface area contributed by atoms with Gasteiger partial charge in [-0.05, 0) is 54.1 Å². The largest absolute Gasteiger partial charge is 0.507 e. The van der Waals surface area contributed by atoms with Gasteiger partial charge in [0.15, 0.2) is 17.1 Å². The first-order chi connectivity index (χ1) is 19.3. The molecule has 0 aliphatic rings. The van der Waals surface area contributed by atoms with Crippen LogP contribution in [0.2, 0.25) is 0 Å². The van der Waals surface area contributed by atoms with Gasteiger partial charge < -0.3 is 33.9 Å². The fourth-order valence-electron chi connectivity index (χ4n) is 3.97. The number of carbonyl (C=O) groups is 1. The molecule has 5 aromatic rings. The Bertz CT molecular complexity index is 1720. The van der Waals surface area contributed by atoms with Crippen molar-refractivity contribution in [2.75, 3.05) is 21.3 Å². The van der Waals surface area contributed by atoms with Crippen LogP contribution >= 0.6 is 0 Å². The minimum absolute atomic E-state index is 0.0738. The lowest BCUT2D eigenvalue weighted by molar-refractivity contribution is 0.103. The third-order valence-electron chi connectivity index (χ3n) is 6.08. The Kier molecular flexibility index (Phi) is 8.24. The molecule has 0 saturated carbocycles. The van der Waals surface area contributed by atoms with Crippen LogP contribution in [0.1, 0.15) is 15.9 Å². The Labute approximate surface area is 229 Å². The van der Waals surface area contributed by atoms with Gasteiger partial charge in [0.25, 0.3) is 0 Å². The molecule has 0 fully saturated rings. The van der Waals surface area contributed by atoms with Gasteiger partial charge in [-0.15, -0.1) is 0 Å². The summed E-state index contributed by atoms with van der Waals surface area (Å²) in [4.78, 5) is 24.8. The highest BCUT2D eigenvalue weighted by molar-refractivity contribution is 6.12. The highest BCUT2D eigenvalue weighted by atomic mass is 16.5. The number of rotatable bonds is 6. The molecule has 0 bridgehead atoms. The number of hydrogen-bond acceptors (Lipinski definition) is 9. The number of ether oxygens (including phenoxy) is 3. The fraction of sp³-hybridized carbons (Fsp3) is 0.0968. The van der Waals surface area contributed by atoms with E-state index < -0.39 is 5.78 Å². The number of para-hydroxylation sites is 1. The Balaban J connectivity index is 0.000000189. The molecule has 40 heavy (non-hydrogen) atoms. The smallest absolute Gasteiger partial charge is 0.204 e. The minimum Gasteiger partial charge on any atom is -0.507 e. The normalized spacial score (nSPS) is 10.4. The fourth-order valence-corrected chi connectivity index (χ4v) is 3.97. The van der Waals surface area contributed by atoms with E-state index in [1.54, 1.807) is 49.6 Å². The summed E-state index contributed by atoms with van der Waals surface area (Å²) in [7, 11) is 4.46. The first kappa shape index (κ1) is 27.6. The summed E-state index contributed by atoms with van der Waals surface area (Å²) in [5.74, 6) is 0.515. The van der Waals surface area contributed by atoms with Crippen molar-refractivity contribution in [3.63, 3.8) is 0 Å². The van der Waals surface area contributed by atoms with Crippen LogP contribution < -0.4 is 19.6 Å². The number of hydrogen-bond donors (Lipinski definition) is 3. The summed E-state index contributed by atoms with van der Waals surface area (Å²) < 4.78 is 20.7. The summed E-state index contributed by atoms with van der Waals surface area (Å²) in [5.41, 5.74) is 1.47. The van der Waals surface area contributed by atoms with Gasteiger partial charge in [-0.1, -0.05) is 24.3 Å². The molecule has 1 heterocycles. The topological polar surface area (TPSA) is 136 Å². The van der Waals surface area contributed by atoms with E-state index in [9.17, 15) is 24.9 Å². The van der Waals surface area contributed by atoms with E-state index in [2.05, 4.69) is 0 Å². The number of ketones is 1.